The predicted molar refractivity (Wildman–Crippen MR) is 103 cm³/mol. The summed E-state index contributed by atoms with van der Waals surface area (Å²) >= 11 is 3.40. The van der Waals surface area contributed by atoms with Crippen LogP contribution in [-0.2, 0) is 0 Å². The highest BCUT2D eigenvalue weighted by Gasteiger charge is 2.27. The van der Waals surface area contributed by atoms with Gasteiger partial charge in [-0.3, -0.25) is 19.5 Å². The first kappa shape index (κ1) is 19.0. The van der Waals surface area contributed by atoms with Crippen molar-refractivity contribution in [1.82, 2.24) is 14.8 Å². The summed E-state index contributed by atoms with van der Waals surface area (Å²) in [4.78, 5) is 31.4. The zero-order chi connectivity index (χ0) is 19.4. The quantitative estimate of drug-likeness (QED) is 0.802. The van der Waals surface area contributed by atoms with E-state index in [4.69, 9.17) is 5.73 Å². The monoisotopic (exact) mass is 427 g/mol. The van der Waals surface area contributed by atoms with Gasteiger partial charge < -0.3 is 10.6 Å². The minimum Gasteiger partial charge on any atom is -0.364 e. The summed E-state index contributed by atoms with van der Waals surface area (Å²) in [6, 6.07) is 12.7. The third-order valence-corrected chi connectivity index (χ3v) is 5.07. The molecule has 1 aliphatic rings. The summed E-state index contributed by atoms with van der Waals surface area (Å²) in [5.74, 6) is -0.770. The van der Waals surface area contributed by atoms with E-state index in [-0.39, 0.29) is 17.6 Å². The van der Waals surface area contributed by atoms with Gasteiger partial charge in [0.25, 0.3) is 11.8 Å². The maximum atomic E-state index is 12.6. The summed E-state index contributed by atoms with van der Waals surface area (Å²) in [6.45, 7) is 2.25. The highest BCUT2D eigenvalue weighted by atomic mass is 79.9. The Labute approximate surface area is 165 Å². The van der Waals surface area contributed by atoms with Crippen LogP contribution in [0.1, 0.15) is 32.5 Å². The third kappa shape index (κ3) is 4.32. The molecule has 138 valence electrons. The van der Waals surface area contributed by atoms with Crippen LogP contribution >= 0.6 is 15.9 Å². The van der Waals surface area contributed by atoms with E-state index in [1.54, 1.807) is 11.0 Å². The second kappa shape index (κ2) is 8.29. The van der Waals surface area contributed by atoms with Crippen molar-refractivity contribution in [2.45, 2.75) is 6.04 Å². The van der Waals surface area contributed by atoms with E-state index in [0.29, 0.717) is 31.7 Å². The molecule has 0 radical (unpaired) electrons. The standard InChI is InChI=1S/C19H18BrN5O2/c20-15-4-1-13(2-5-15)17(11-21)24-7-9-25(10-8-24)19(27)14-3-6-16(18(22)26)23-12-14/h1-6,12,17H,7-10H2,(H2,22,26)/t17-/m1/s1. The molecule has 2 N–H and O–H groups in total. The maximum absolute atomic E-state index is 12.6. The fourth-order valence-electron chi connectivity index (χ4n) is 3.04. The van der Waals surface area contributed by atoms with Crippen molar-refractivity contribution >= 4 is 27.7 Å². The number of piperazine rings is 1. The van der Waals surface area contributed by atoms with Crippen molar-refractivity contribution in [3.05, 3.63) is 63.9 Å². The van der Waals surface area contributed by atoms with E-state index in [0.717, 1.165) is 10.0 Å². The minimum absolute atomic E-state index is 0.128. The number of carbonyl (C=O) groups is 2. The predicted octanol–water partition coefficient (Wildman–Crippen LogP) is 1.97. The SMILES string of the molecule is N#C[C@H](c1ccc(Br)cc1)N1CCN(C(=O)c2ccc(C(N)=O)nc2)CC1. The largest absolute Gasteiger partial charge is 0.364 e. The summed E-state index contributed by atoms with van der Waals surface area (Å²) in [6.07, 6.45) is 1.37. The minimum atomic E-state index is -0.627. The van der Waals surface area contributed by atoms with Gasteiger partial charge in [0.2, 0.25) is 0 Å². The topological polar surface area (TPSA) is 103 Å². The van der Waals surface area contributed by atoms with Crippen molar-refractivity contribution in [2.24, 2.45) is 5.73 Å². The Kier molecular flexibility index (Phi) is 5.84. The fraction of sp³-hybridized carbons (Fsp3) is 0.263. The molecule has 2 amide bonds. The zero-order valence-electron chi connectivity index (χ0n) is 14.5. The fourth-order valence-corrected chi connectivity index (χ4v) is 3.31. The van der Waals surface area contributed by atoms with Gasteiger partial charge >= 0.3 is 0 Å². The van der Waals surface area contributed by atoms with E-state index >= 15 is 0 Å². The molecular weight excluding hydrogens is 410 g/mol. The number of rotatable bonds is 4. The van der Waals surface area contributed by atoms with Crippen LogP contribution in [0.4, 0.5) is 0 Å². The smallest absolute Gasteiger partial charge is 0.267 e. The molecule has 1 fully saturated rings. The number of hydrogen-bond donors (Lipinski definition) is 1. The third-order valence-electron chi connectivity index (χ3n) is 4.54. The molecule has 0 spiro atoms. The Morgan fingerprint density at radius 2 is 1.78 bits per heavy atom. The Bertz CT molecular complexity index is 868. The number of carbonyl (C=O) groups excluding carboxylic acids is 2. The highest BCUT2D eigenvalue weighted by Crippen LogP contribution is 2.23. The van der Waals surface area contributed by atoms with Gasteiger partial charge in [0.1, 0.15) is 11.7 Å². The lowest BCUT2D eigenvalue weighted by molar-refractivity contribution is 0.0605. The van der Waals surface area contributed by atoms with Gasteiger partial charge in [0, 0.05) is 36.8 Å². The van der Waals surface area contributed by atoms with Crippen LogP contribution in [0.3, 0.4) is 0 Å². The van der Waals surface area contributed by atoms with Gasteiger partial charge in [-0.1, -0.05) is 28.1 Å². The molecule has 1 aromatic carbocycles. The number of halogens is 1. The molecule has 3 rings (SSSR count). The molecule has 2 heterocycles. The first-order valence-electron chi connectivity index (χ1n) is 8.44. The van der Waals surface area contributed by atoms with Gasteiger partial charge in [0.15, 0.2) is 0 Å². The van der Waals surface area contributed by atoms with E-state index in [2.05, 4.69) is 31.9 Å². The molecule has 7 nitrogen and oxygen atoms in total. The van der Waals surface area contributed by atoms with E-state index < -0.39 is 5.91 Å². The number of amides is 2. The summed E-state index contributed by atoms with van der Waals surface area (Å²) < 4.78 is 0.967. The Morgan fingerprint density at radius 1 is 1.11 bits per heavy atom. The Balaban J connectivity index is 1.63. The van der Waals surface area contributed by atoms with Gasteiger partial charge in [0.05, 0.1) is 11.6 Å². The number of primary amides is 1. The number of benzene rings is 1. The van der Waals surface area contributed by atoms with Crippen molar-refractivity contribution < 1.29 is 9.59 Å². The van der Waals surface area contributed by atoms with Crippen LogP contribution in [-0.4, -0.2) is 52.8 Å². The average Bonchev–Trinajstić information content (AvgIpc) is 2.70. The maximum Gasteiger partial charge on any atom is 0.267 e. The van der Waals surface area contributed by atoms with Crippen molar-refractivity contribution in [3.8, 4) is 6.07 Å². The molecule has 27 heavy (non-hydrogen) atoms. The van der Waals surface area contributed by atoms with Crippen LogP contribution in [0.5, 0.6) is 0 Å². The first-order valence-corrected chi connectivity index (χ1v) is 9.23. The summed E-state index contributed by atoms with van der Waals surface area (Å²) in [5, 5.41) is 9.59. The number of aromatic nitrogens is 1. The molecule has 1 atom stereocenters. The normalized spacial score (nSPS) is 15.8. The van der Waals surface area contributed by atoms with Crippen LogP contribution < -0.4 is 5.73 Å². The van der Waals surface area contributed by atoms with E-state index in [1.165, 1.54) is 12.3 Å². The van der Waals surface area contributed by atoms with Gasteiger partial charge in [-0.25, -0.2) is 0 Å². The number of nitrogens with two attached hydrogens (primary N) is 1. The molecule has 1 aliphatic heterocycles. The molecule has 0 aliphatic carbocycles. The second-order valence-electron chi connectivity index (χ2n) is 6.21. The number of pyridine rings is 1. The number of nitriles is 1. The van der Waals surface area contributed by atoms with Crippen LogP contribution in [0.15, 0.2) is 47.1 Å². The van der Waals surface area contributed by atoms with E-state index in [9.17, 15) is 14.9 Å². The second-order valence-corrected chi connectivity index (χ2v) is 7.12. The van der Waals surface area contributed by atoms with E-state index in [1.807, 2.05) is 24.3 Å². The van der Waals surface area contributed by atoms with Crippen molar-refractivity contribution in [1.29, 1.82) is 5.26 Å². The van der Waals surface area contributed by atoms with Gasteiger partial charge in [-0.05, 0) is 29.8 Å². The zero-order valence-corrected chi connectivity index (χ0v) is 16.1. The highest BCUT2D eigenvalue weighted by molar-refractivity contribution is 9.10. The molecule has 0 bridgehead atoms. The van der Waals surface area contributed by atoms with Gasteiger partial charge in [-0.2, -0.15) is 5.26 Å². The van der Waals surface area contributed by atoms with Crippen molar-refractivity contribution in [3.63, 3.8) is 0 Å². The Morgan fingerprint density at radius 3 is 2.30 bits per heavy atom. The lowest BCUT2D eigenvalue weighted by Gasteiger charge is -2.37. The van der Waals surface area contributed by atoms with Crippen LogP contribution in [0, 0.1) is 11.3 Å². The number of hydrogen-bond acceptors (Lipinski definition) is 5. The van der Waals surface area contributed by atoms with Crippen LogP contribution in [0.25, 0.3) is 0 Å². The first-order chi connectivity index (χ1) is 13.0. The lowest BCUT2D eigenvalue weighted by Crippen LogP contribution is -2.49. The summed E-state index contributed by atoms with van der Waals surface area (Å²) in [5.41, 5.74) is 6.64. The molecular formula is C19H18BrN5O2. The average molecular weight is 428 g/mol. The van der Waals surface area contributed by atoms with Gasteiger partial charge in [-0.15, -0.1) is 0 Å². The molecule has 0 unspecified atom stereocenters. The molecule has 1 saturated heterocycles. The lowest BCUT2D eigenvalue weighted by atomic mass is 10.1. The molecule has 2 aromatic rings. The molecule has 0 saturated carbocycles. The number of nitrogens with zero attached hydrogens (tertiary/aromatic N) is 4. The molecule has 8 heteroatoms. The molecule has 1 aromatic heterocycles. The Hall–Kier alpha value is -2.76. The summed E-state index contributed by atoms with van der Waals surface area (Å²) in [7, 11) is 0. The van der Waals surface area contributed by atoms with Crippen LogP contribution in [0.2, 0.25) is 0 Å². The van der Waals surface area contributed by atoms with Crippen molar-refractivity contribution in [2.75, 3.05) is 26.2 Å².